The van der Waals surface area contributed by atoms with Crippen molar-refractivity contribution < 1.29 is 19.8 Å². The third kappa shape index (κ3) is 3.62. The van der Waals surface area contributed by atoms with Crippen molar-refractivity contribution in [2.45, 2.75) is 37.7 Å². The van der Waals surface area contributed by atoms with Gasteiger partial charge < -0.3 is 24.8 Å². The smallest absolute Gasteiger partial charge is 0.405 e. The Hall–Kier alpha value is -2.61. The number of fused-ring (bicyclic) bond motifs is 1. The SMILES string of the molecule is O=C(O)NCC(=O)N1CCCC(C(O)c2c(C3CC3)ccn3cncc23)C1. The molecule has 8 heteroatoms. The molecule has 3 heterocycles. The molecule has 0 aromatic carbocycles. The van der Waals surface area contributed by atoms with E-state index in [9.17, 15) is 14.7 Å². The fraction of sp³-hybridized carbons (Fsp3) is 0.526. The molecular formula is C19H24N4O4. The molecule has 2 amide bonds. The average Bonchev–Trinajstić information content (AvgIpc) is 3.41. The number of carbonyl (C=O) groups is 2. The second kappa shape index (κ2) is 7.19. The van der Waals surface area contributed by atoms with Gasteiger partial charge in [-0.2, -0.15) is 0 Å². The molecule has 1 aliphatic heterocycles. The summed E-state index contributed by atoms with van der Waals surface area (Å²) in [5.41, 5.74) is 3.04. The van der Waals surface area contributed by atoms with Crippen LogP contribution in [-0.4, -0.2) is 56.1 Å². The molecule has 2 aromatic heterocycles. The third-order valence-electron chi connectivity index (χ3n) is 5.63. The molecule has 2 aliphatic rings. The molecule has 1 saturated carbocycles. The maximum atomic E-state index is 12.3. The molecule has 8 nitrogen and oxygen atoms in total. The van der Waals surface area contributed by atoms with Gasteiger partial charge in [0.05, 0.1) is 24.1 Å². The number of aliphatic hydroxyl groups excluding tert-OH is 1. The Morgan fingerprint density at radius 1 is 1.33 bits per heavy atom. The standard InChI is InChI=1S/C19H24N4O4/c24-16(9-21-19(26)27)22-6-1-2-13(10-22)18(25)17-14(12-3-4-12)5-7-23-11-20-8-15(17)23/h5,7-8,11-13,18,21,25H,1-4,6,9-10H2,(H,26,27). The predicted octanol–water partition coefficient (Wildman–Crippen LogP) is 1.75. The van der Waals surface area contributed by atoms with Crippen LogP contribution in [0.4, 0.5) is 4.79 Å². The number of nitrogens with one attached hydrogen (secondary N) is 1. The van der Waals surface area contributed by atoms with Gasteiger partial charge in [-0.1, -0.05) is 0 Å². The van der Waals surface area contributed by atoms with E-state index in [1.165, 1.54) is 5.56 Å². The number of aliphatic hydroxyl groups is 1. The van der Waals surface area contributed by atoms with Crippen LogP contribution in [0.15, 0.2) is 24.8 Å². The largest absolute Gasteiger partial charge is 0.465 e. The van der Waals surface area contributed by atoms with Crippen LogP contribution in [0.5, 0.6) is 0 Å². The zero-order valence-electron chi connectivity index (χ0n) is 15.0. The topological polar surface area (TPSA) is 107 Å². The van der Waals surface area contributed by atoms with Crippen molar-refractivity contribution in [1.82, 2.24) is 19.6 Å². The normalized spacial score (nSPS) is 21.2. The Balaban J connectivity index is 1.56. The van der Waals surface area contributed by atoms with Crippen LogP contribution < -0.4 is 5.32 Å². The molecule has 0 bridgehead atoms. The number of likely N-dealkylation sites (tertiary alicyclic amines) is 1. The molecule has 2 fully saturated rings. The van der Waals surface area contributed by atoms with Crippen LogP contribution in [0.3, 0.4) is 0 Å². The number of piperidine rings is 1. The van der Waals surface area contributed by atoms with Crippen molar-refractivity contribution in [2.75, 3.05) is 19.6 Å². The minimum Gasteiger partial charge on any atom is -0.465 e. The zero-order valence-corrected chi connectivity index (χ0v) is 15.0. The van der Waals surface area contributed by atoms with Gasteiger partial charge in [0.2, 0.25) is 5.91 Å². The third-order valence-corrected chi connectivity index (χ3v) is 5.63. The van der Waals surface area contributed by atoms with Gasteiger partial charge in [0.1, 0.15) is 6.54 Å². The second-order valence-electron chi connectivity index (χ2n) is 7.49. The van der Waals surface area contributed by atoms with Gasteiger partial charge >= 0.3 is 6.09 Å². The number of hydrogen-bond donors (Lipinski definition) is 3. The number of pyridine rings is 1. The Morgan fingerprint density at radius 3 is 2.89 bits per heavy atom. The number of amides is 2. The molecule has 4 rings (SSSR count). The summed E-state index contributed by atoms with van der Waals surface area (Å²) in [4.78, 5) is 28.8. The van der Waals surface area contributed by atoms with Crippen LogP contribution >= 0.6 is 0 Å². The first kappa shape index (κ1) is 17.8. The highest BCUT2D eigenvalue weighted by atomic mass is 16.4. The van der Waals surface area contributed by atoms with E-state index in [-0.39, 0.29) is 18.4 Å². The lowest BCUT2D eigenvalue weighted by Gasteiger charge is -2.36. The lowest BCUT2D eigenvalue weighted by molar-refractivity contribution is -0.132. The Morgan fingerprint density at radius 2 is 2.15 bits per heavy atom. The highest BCUT2D eigenvalue weighted by Crippen LogP contribution is 2.45. The number of nitrogens with zero attached hydrogens (tertiary/aromatic N) is 3. The monoisotopic (exact) mass is 372 g/mol. The van der Waals surface area contributed by atoms with E-state index < -0.39 is 12.2 Å². The first-order chi connectivity index (χ1) is 13.0. The summed E-state index contributed by atoms with van der Waals surface area (Å²) in [6.07, 6.45) is 7.52. The molecule has 1 saturated heterocycles. The summed E-state index contributed by atoms with van der Waals surface area (Å²) >= 11 is 0. The van der Waals surface area contributed by atoms with Gasteiger partial charge in [-0.05, 0) is 43.2 Å². The van der Waals surface area contributed by atoms with Crippen molar-refractivity contribution in [3.63, 3.8) is 0 Å². The van der Waals surface area contributed by atoms with Crippen LogP contribution in [0, 0.1) is 5.92 Å². The highest BCUT2D eigenvalue weighted by Gasteiger charge is 2.35. The Kier molecular flexibility index (Phi) is 4.73. The average molecular weight is 372 g/mol. The fourth-order valence-corrected chi connectivity index (χ4v) is 4.10. The van der Waals surface area contributed by atoms with E-state index in [2.05, 4.69) is 16.4 Å². The van der Waals surface area contributed by atoms with Crippen LogP contribution in [0.2, 0.25) is 0 Å². The minimum atomic E-state index is -1.21. The number of carbonyl (C=O) groups excluding carboxylic acids is 1. The van der Waals surface area contributed by atoms with Gasteiger partial charge in [-0.3, -0.25) is 4.79 Å². The maximum absolute atomic E-state index is 12.3. The van der Waals surface area contributed by atoms with Crippen LogP contribution in [0.25, 0.3) is 5.52 Å². The molecule has 0 spiro atoms. The Bertz CT molecular complexity index is 861. The van der Waals surface area contributed by atoms with E-state index in [0.29, 0.717) is 19.0 Å². The lowest BCUT2D eigenvalue weighted by atomic mass is 9.85. The summed E-state index contributed by atoms with van der Waals surface area (Å²) in [6, 6.07) is 2.08. The van der Waals surface area contributed by atoms with E-state index in [0.717, 1.165) is 36.8 Å². The summed E-state index contributed by atoms with van der Waals surface area (Å²) in [5.74, 6) is 0.168. The van der Waals surface area contributed by atoms with Crippen LogP contribution in [0.1, 0.15) is 48.8 Å². The molecule has 2 aromatic rings. The summed E-state index contributed by atoms with van der Waals surface area (Å²) in [7, 11) is 0. The van der Waals surface area contributed by atoms with Crippen molar-refractivity contribution in [3.05, 3.63) is 35.9 Å². The molecule has 0 radical (unpaired) electrons. The summed E-state index contributed by atoms with van der Waals surface area (Å²) in [5, 5.41) is 22.1. The number of aromatic nitrogens is 2. The van der Waals surface area contributed by atoms with Gasteiger partial charge in [0, 0.05) is 30.8 Å². The minimum absolute atomic E-state index is 0.0777. The number of imidazole rings is 1. The molecular weight excluding hydrogens is 348 g/mol. The van der Waals surface area contributed by atoms with Crippen LogP contribution in [-0.2, 0) is 4.79 Å². The molecule has 3 N–H and O–H groups in total. The zero-order chi connectivity index (χ0) is 19.0. The summed E-state index contributed by atoms with van der Waals surface area (Å²) < 4.78 is 1.92. The van der Waals surface area contributed by atoms with E-state index >= 15 is 0 Å². The van der Waals surface area contributed by atoms with Gasteiger partial charge in [0.25, 0.3) is 0 Å². The number of rotatable bonds is 5. The predicted molar refractivity (Wildman–Crippen MR) is 97.5 cm³/mol. The second-order valence-corrected chi connectivity index (χ2v) is 7.49. The van der Waals surface area contributed by atoms with E-state index in [4.69, 9.17) is 5.11 Å². The molecule has 144 valence electrons. The lowest BCUT2D eigenvalue weighted by Crippen LogP contribution is -2.46. The van der Waals surface area contributed by atoms with Gasteiger partial charge in [-0.25, -0.2) is 9.78 Å². The summed E-state index contributed by atoms with van der Waals surface area (Å²) in [6.45, 7) is 0.792. The fourth-order valence-electron chi connectivity index (χ4n) is 4.10. The van der Waals surface area contributed by atoms with E-state index in [1.54, 1.807) is 17.4 Å². The highest BCUT2D eigenvalue weighted by molar-refractivity contribution is 5.81. The van der Waals surface area contributed by atoms with Gasteiger partial charge in [-0.15, -0.1) is 0 Å². The van der Waals surface area contributed by atoms with Gasteiger partial charge in [0.15, 0.2) is 0 Å². The van der Waals surface area contributed by atoms with Crippen molar-refractivity contribution >= 4 is 17.5 Å². The maximum Gasteiger partial charge on any atom is 0.405 e. The van der Waals surface area contributed by atoms with E-state index in [1.807, 2.05) is 10.6 Å². The molecule has 2 atom stereocenters. The number of hydrogen-bond acceptors (Lipinski definition) is 4. The molecule has 27 heavy (non-hydrogen) atoms. The number of carboxylic acid groups (broad SMARTS) is 1. The molecule has 2 unspecified atom stereocenters. The first-order valence-electron chi connectivity index (χ1n) is 9.41. The van der Waals surface area contributed by atoms with Crippen molar-refractivity contribution in [2.24, 2.45) is 5.92 Å². The quantitative estimate of drug-likeness (QED) is 0.741. The first-order valence-corrected chi connectivity index (χ1v) is 9.41. The Labute approximate surface area is 156 Å². The molecule has 1 aliphatic carbocycles. The van der Waals surface area contributed by atoms with Crippen molar-refractivity contribution in [3.8, 4) is 0 Å². The van der Waals surface area contributed by atoms with Crippen molar-refractivity contribution in [1.29, 1.82) is 0 Å².